The Morgan fingerprint density at radius 1 is 1.26 bits per heavy atom. The van der Waals surface area contributed by atoms with Crippen LogP contribution in [-0.4, -0.2) is 49.1 Å². The molecule has 9 nitrogen and oxygen atoms in total. The van der Waals surface area contributed by atoms with Gasteiger partial charge < -0.3 is 19.1 Å². The summed E-state index contributed by atoms with van der Waals surface area (Å²) in [4.78, 5) is 25.2. The first-order chi connectivity index (χ1) is 15.0. The van der Waals surface area contributed by atoms with Crippen molar-refractivity contribution < 1.29 is 23.9 Å². The first-order valence-corrected chi connectivity index (χ1v) is 9.55. The van der Waals surface area contributed by atoms with E-state index < -0.39 is 10.8 Å². The Kier molecular flexibility index (Phi) is 7.19. The van der Waals surface area contributed by atoms with Gasteiger partial charge in [-0.2, -0.15) is 5.26 Å². The van der Waals surface area contributed by atoms with Crippen LogP contribution in [0.3, 0.4) is 0 Å². The van der Waals surface area contributed by atoms with E-state index in [4.69, 9.17) is 14.2 Å². The van der Waals surface area contributed by atoms with Crippen molar-refractivity contribution in [2.75, 3.05) is 33.4 Å². The molecule has 2 aromatic carbocycles. The summed E-state index contributed by atoms with van der Waals surface area (Å²) in [5, 5.41) is 21.2. The average molecular weight is 423 g/mol. The van der Waals surface area contributed by atoms with Gasteiger partial charge in [0.25, 0.3) is 11.6 Å². The van der Waals surface area contributed by atoms with Crippen molar-refractivity contribution in [3.05, 3.63) is 69.3 Å². The topological polar surface area (TPSA) is 115 Å². The molecule has 0 N–H and O–H groups in total. The minimum atomic E-state index is -0.588. The number of hydrogen-bond acceptors (Lipinski definition) is 7. The summed E-state index contributed by atoms with van der Waals surface area (Å²) in [7, 11) is 1.41. The molecule has 0 bridgehead atoms. The Labute approximate surface area is 179 Å². The highest BCUT2D eigenvalue weighted by atomic mass is 16.6. The van der Waals surface area contributed by atoms with Crippen LogP contribution in [-0.2, 0) is 16.1 Å². The Hall–Kier alpha value is -3.90. The number of amides is 1. The van der Waals surface area contributed by atoms with Crippen molar-refractivity contribution in [2.24, 2.45) is 0 Å². The summed E-state index contributed by atoms with van der Waals surface area (Å²) in [5.41, 5.74) is 0.461. The lowest BCUT2D eigenvalue weighted by Crippen LogP contribution is -2.41. The molecule has 0 radical (unpaired) electrons. The van der Waals surface area contributed by atoms with Crippen molar-refractivity contribution in [1.29, 1.82) is 5.26 Å². The molecular formula is C22H21N3O6. The maximum absolute atomic E-state index is 12.6. The first kappa shape index (κ1) is 21.8. The number of nitriles is 1. The number of nitro groups is 1. The van der Waals surface area contributed by atoms with Crippen molar-refractivity contribution in [1.82, 2.24) is 4.90 Å². The number of nitro benzene ring substituents is 1. The lowest BCUT2D eigenvalue weighted by atomic mass is 10.1. The molecule has 1 amide bonds. The minimum Gasteiger partial charge on any atom is -0.493 e. The summed E-state index contributed by atoms with van der Waals surface area (Å²) < 4.78 is 16.3. The predicted molar refractivity (Wildman–Crippen MR) is 111 cm³/mol. The van der Waals surface area contributed by atoms with Crippen LogP contribution in [0, 0.1) is 21.4 Å². The second-order valence-electron chi connectivity index (χ2n) is 6.67. The van der Waals surface area contributed by atoms with E-state index in [2.05, 4.69) is 0 Å². The summed E-state index contributed by atoms with van der Waals surface area (Å²) in [5.74, 6) is -0.0550. The van der Waals surface area contributed by atoms with E-state index in [1.54, 1.807) is 0 Å². The van der Waals surface area contributed by atoms with E-state index in [0.29, 0.717) is 26.3 Å². The Balaban J connectivity index is 1.93. The standard InChI is InChI=1S/C22H21N3O6/c1-29-20-12-17(11-18(14-23)22(26)24-7-9-30-10-8-24)19(25(27)28)13-21(20)31-15-16-5-3-2-4-6-16/h2-6,11-13H,7-10,15H2,1H3/b18-11+. The molecule has 1 aliphatic heterocycles. The number of ether oxygens (including phenoxy) is 3. The van der Waals surface area contributed by atoms with E-state index in [1.807, 2.05) is 36.4 Å². The van der Waals surface area contributed by atoms with Crippen molar-refractivity contribution >= 4 is 17.7 Å². The number of methoxy groups -OCH3 is 1. The first-order valence-electron chi connectivity index (χ1n) is 9.55. The fourth-order valence-corrected chi connectivity index (χ4v) is 3.08. The molecule has 1 aliphatic rings. The summed E-state index contributed by atoms with van der Waals surface area (Å²) in [6, 6.07) is 13.8. The van der Waals surface area contributed by atoms with Gasteiger partial charge in [-0.3, -0.25) is 14.9 Å². The molecule has 0 atom stereocenters. The number of benzene rings is 2. The highest BCUT2D eigenvalue weighted by Gasteiger charge is 2.24. The molecule has 1 heterocycles. The maximum atomic E-state index is 12.6. The van der Waals surface area contributed by atoms with Gasteiger partial charge in [-0.25, -0.2) is 0 Å². The molecule has 1 fully saturated rings. The van der Waals surface area contributed by atoms with Gasteiger partial charge in [0.15, 0.2) is 11.5 Å². The molecule has 0 aliphatic carbocycles. The molecule has 1 saturated heterocycles. The van der Waals surface area contributed by atoms with E-state index in [1.165, 1.54) is 30.2 Å². The molecule has 0 unspecified atom stereocenters. The smallest absolute Gasteiger partial charge is 0.280 e. The van der Waals surface area contributed by atoms with Gasteiger partial charge in [-0.1, -0.05) is 30.3 Å². The summed E-state index contributed by atoms with van der Waals surface area (Å²) >= 11 is 0. The molecule has 3 rings (SSSR count). The fourth-order valence-electron chi connectivity index (χ4n) is 3.08. The Morgan fingerprint density at radius 3 is 2.58 bits per heavy atom. The molecule has 31 heavy (non-hydrogen) atoms. The van der Waals surface area contributed by atoms with Gasteiger partial charge >= 0.3 is 0 Å². The quantitative estimate of drug-likeness (QED) is 0.291. The van der Waals surface area contributed by atoms with Gasteiger partial charge in [0.2, 0.25) is 0 Å². The van der Waals surface area contributed by atoms with Crippen molar-refractivity contribution in [3.63, 3.8) is 0 Å². The maximum Gasteiger partial charge on any atom is 0.280 e. The zero-order valence-corrected chi connectivity index (χ0v) is 16.9. The van der Waals surface area contributed by atoms with Crippen molar-refractivity contribution in [3.8, 4) is 17.6 Å². The molecular weight excluding hydrogens is 402 g/mol. The van der Waals surface area contributed by atoms with Gasteiger partial charge in [0.1, 0.15) is 18.2 Å². The van der Waals surface area contributed by atoms with Gasteiger partial charge in [-0.15, -0.1) is 0 Å². The zero-order chi connectivity index (χ0) is 22.2. The Morgan fingerprint density at radius 2 is 1.97 bits per heavy atom. The molecule has 2 aromatic rings. The lowest BCUT2D eigenvalue weighted by Gasteiger charge is -2.26. The fraction of sp³-hybridized carbons (Fsp3) is 0.273. The van der Waals surface area contributed by atoms with Gasteiger partial charge in [0.05, 0.1) is 36.9 Å². The predicted octanol–water partition coefficient (Wildman–Crippen LogP) is 2.95. The second-order valence-corrected chi connectivity index (χ2v) is 6.67. The largest absolute Gasteiger partial charge is 0.493 e. The van der Waals surface area contributed by atoms with Crippen LogP contribution in [0.2, 0.25) is 0 Å². The summed E-state index contributed by atoms with van der Waals surface area (Å²) in [6.45, 7) is 1.67. The van der Waals surface area contributed by atoms with Crippen molar-refractivity contribution in [2.45, 2.75) is 6.61 Å². The third-order valence-electron chi connectivity index (χ3n) is 4.70. The molecule has 0 aromatic heterocycles. The van der Waals surface area contributed by atoms with E-state index in [0.717, 1.165) is 5.56 Å². The number of morpholine rings is 1. The van der Waals surface area contributed by atoms with Crippen LogP contribution in [0.1, 0.15) is 11.1 Å². The van der Waals surface area contributed by atoms with Crippen LogP contribution in [0.5, 0.6) is 11.5 Å². The highest BCUT2D eigenvalue weighted by molar-refractivity contribution is 6.02. The zero-order valence-electron chi connectivity index (χ0n) is 16.9. The van der Waals surface area contributed by atoms with Gasteiger partial charge in [0, 0.05) is 13.1 Å². The average Bonchev–Trinajstić information content (AvgIpc) is 2.81. The molecule has 160 valence electrons. The van der Waals surface area contributed by atoms with E-state index >= 15 is 0 Å². The van der Waals surface area contributed by atoms with Crippen LogP contribution in [0.15, 0.2) is 48.0 Å². The normalized spacial score (nSPS) is 13.9. The number of hydrogen-bond donors (Lipinski definition) is 0. The van der Waals surface area contributed by atoms with Gasteiger partial charge in [-0.05, 0) is 17.7 Å². The van der Waals surface area contributed by atoms with Crippen LogP contribution >= 0.6 is 0 Å². The van der Waals surface area contributed by atoms with Crippen LogP contribution in [0.4, 0.5) is 5.69 Å². The summed E-state index contributed by atoms with van der Waals surface area (Å²) in [6.07, 6.45) is 1.21. The number of carbonyl (C=O) groups excluding carboxylic acids is 1. The highest BCUT2D eigenvalue weighted by Crippen LogP contribution is 2.36. The molecule has 0 spiro atoms. The number of carbonyl (C=O) groups is 1. The number of rotatable bonds is 7. The molecule has 0 saturated carbocycles. The van der Waals surface area contributed by atoms with Crippen LogP contribution < -0.4 is 9.47 Å². The SMILES string of the molecule is COc1cc(/C=C(\C#N)C(=O)N2CCOCC2)c([N+](=O)[O-])cc1OCc1ccccc1. The van der Waals surface area contributed by atoms with E-state index in [-0.39, 0.29) is 34.9 Å². The monoisotopic (exact) mass is 423 g/mol. The van der Waals surface area contributed by atoms with Crippen LogP contribution in [0.25, 0.3) is 6.08 Å². The van der Waals surface area contributed by atoms with E-state index in [9.17, 15) is 20.2 Å². The Bertz CT molecular complexity index is 1020. The third-order valence-corrected chi connectivity index (χ3v) is 4.70. The second kappa shape index (κ2) is 10.2. The lowest BCUT2D eigenvalue weighted by molar-refractivity contribution is -0.385. The third kappa shape index (κ3) is 5.38. The molecule has 9 heteroatoms. The number of nitrogens with zero attached hydrogens (tertiary/aromatic N) is 3. The minimum absolute atomic E-state index is 0.0760.